The largest absolute Gasteiger partial charge is 0.259 e. The summed E-state index contributed by atoms with van der Waals surface area (Å²) in [7, 11) is 0. The Hall–Kier alpha value is -0.150. The third-order valence-corrected chi connectivity index (χ3v) is 2.65. The lowest BCUT2D eigenvalue weighted by Gasteiger charge is -2.01. The summed E-state index contributed by atoms with van der Waals surface area (Å²) in [6.45, 7) is 2.98. The van der Waals surface area contributed by atoms with E-state index in [1.54, 1.807) is 11.8 Å². The Morgan fingerprint density at radius 2 is 2.45 bits per heavy atom. The van der Waals surface area contributed by atoms with Gasteiger partial charge in [0.25, 0.3) is 0 Å². The molecule has 0 aromatic carbocycles. The lowest BCUT2D eigenvalue weighted by molar-refractivity contribution is 0.604. The highest BCUT2D eigenvalue weighted by molar-refractivity contribution is 7.98. The summed E-state index contributed by atoms with van der Waals surface area (Å²) >= 11 is 7.41. The minimum Gasteiger partial charge on any atom is -0.259 e. The summed E-state index contributed by atoms with van der Waals surface area (Å²) in [5, 5.41) is 5.37. The fourth-order valence-electron chi connectivity index (χ4n) is 0.966. The van der Waals surface area contributed by atoms with Crippen molar-refractivity contribution in [2.45, 2.75) is 24.4 Å². The second kappa shape index (κ2) is 4.02. The summed E-state index contributed by atoms with van der Waals surface area (Å²) in [6, 6.07) is 0. The van der Waals surface area contributed by atoms with Crippen molar-refractivity contribution >= 4 is 23.4 Å². The van der Waals surface area contributed by atoms with E-state index >= 15 is 0 Å². The van der Waals surface area contributed by atoms with Crippen molar-refractivity contribution in [3.05, 3.63) is 11.8 Å². The molecule has 0 saturated heterocycles. The van der Waals surface area contributed by atoms with Gasteiger partial charge < -0.3 is 0 Å². The van der Waals surface area contributed by atoms with Gasteiger partial charge in [0.15, 0.2) is 0 Å². The molecule has 1 heterocycles. The molecule has 0 amide bonds. The van der Waals surface area contributed by atoms with Crippen molar-refractivity contribution in [2.75, 3.05) is 6.26 Å². The predicted molar refractivity (Wildman–Crippen MR) is 49.2 cm³/mol. The Labute approximate surface area is 75.9 Å². The first-order chi connectivity index (χ1) is 5.33. The second-order valence-electron chi connectivity index (χ2n) is 2.13. The molecule has 62 valence electrons. The predicted octanol–water partition coefficient (Wildman–Crippen LogP) is 2.36. The van der Waals surface area contributed by atoms with Gasteiger partial charge in [-0.3, -0.25) is 4.68 Å². The minimum absolute atomic E-state index is 0.552. The first-order valence-electron chi connectivity index (χ1n) is 3.48. The fourth-order valence-corrected chi connectivity index (χ4v) is 2.02. The molecule has 0 fully saturated rings. The molecule has 0 saturated carbocycles. The maximum Gasteiger partial charge on any atom is 0.0981 e. The third-order valence-electron chi connectivity index (χ3n) is 1.50. The van der Waals surface area contributed by atoms with Crippen LogP contribution in [0, 0.1) is 0 Å². The zero-order chi connectivity index (χ0) is 8.27. The molecule has 2 nitrogen and oxygen atoms in total. The maximum atomic E-state index is 5.71. The van der Waals surface area contributed by atoms with Crippen molar-refractivity contribution in [1.82, 2.24) is 9.78 Å². The summed E-state index contributed by atoms with van der Waals surface area (Å²) in [5.41, 5.74) is 1.13. The van der Waals surface area contributed by atoms with Crippen LogP contribution in [0.5, 0.6) is 0 Å². The number of hydrogen-bond donors (Lipinski definition) is 0. The van der Waals surface area contributed by atoms with Gasteiger partial charge in [-0.25, -0.2) is 0 Å². The Balaban J connectivity index is 2.99. The van der Waals surface area contributed by atoms with E-state index in [1.807, 2.05) is 17.1 Å². The smallest absolute Gasteiger partial charge is 0.0981 e. The molecule has 0 unspecified atom stereocenters. The average molecular weight is 191 g/mol. The van der Waals surface area contributed by atoms with E-state index in [2.05, 4.69) is 12.0 Å². The summed E-state index contributed by atoms with van der Waals surface area (Å²) in [4.78, 5) is 0. The first-order valence-corrected chi connectivity index (χ1v) is 5.24. The highest BCUT2D eigenvalue weighted by Gasteiger charge is 2.06. The monoisotopic (exact) mass is 190 g/mol. The normalized spacial score (nSPS) is 10.5. The number of aryl methyl sites for hydroxylation is 1. The number of alkyl halides is 1. The van der Waals surface area contributed by atoms with Crippen LogP contribution in [0.15, 0.2) is 11.2 Å². The molecule has 0 bridgehead atoms. The van der Waals surface area contributed by atoms with Crippen molar-refractivity contribution in [3.63, 3.8) is 0 Å². The number of halogens is 1. The fraction of sp³-hybridized carbons (Fsp3) is 0.571. The van der Waals surface area contributed by atoms with Gasteiger partial charge in [-0.1, -0.05) is 0 Å². The van der Waals surface area contributed by atoms with Gasteiger partial charge in [0.05, 0.1) is 17.1 Å². The van der Waals surface area contributed by atoms with E-state index in [1.165, 1.54) is 5.03 Å². The molecule has 0 N–H and O–H groups in total. The van der Waals surface area contributed by atoms with Crippen LogP contribution >= 0.6 is 23.4 Å². The van der Waals surface area contributed by atoms with E-state index in [-0.39, 0.29) is 0 Å². The number of hydrogen-bond acceptors (Lipinski definition) is 2. The quantitative estimate of drug-likeness (QED) is 0.538. The molecule has 0 aliphatic heterocycles. The maximum absolute atomic E-state index is 5.71. The lowest BCUT2D eigenvalue weighted by atomic mass is 10.4. The lowest BCUT2D eigenvalue weighted by Crippen LogP contribution is -1.97. The zero-order valence-corrected chi connectivity index (χ0v) is 8.24. The Morgan fingerprint density at radius 3 is 2.91 bits per heavy atom. The van der Waals surface area contributed by atoms with Crippen LogP contribution in [0.1, 0.15) is 12.5 Å². The molecule has 4 heteroatoms. The molecular formula is C7H11ClN2S. The third kappa shape index (κ3) is 1.71. The number of aromatic nitrogens is 2. The summed E-state index contributed by atoms with van der Waals surface area (Å²) < 4.78 is 1.96. The Kier molecular flexibility index (Phi) is 3.27. The van der Waals surface area contributed by atoms with E-state index < -0.39 is 0 Å². The SMILES string of the molecule is CCn1ncc(CCl)c1SC. The van der Waals surface area contributed by atoms with Gasteiger partial charge in [-0.05, 0) is 13.2 Å². The van der Waals surface area contributed by atoms with Crippen LogP contribution in [0.25, 0.3) is 0 Å². The van der Waals surface area contributed by atoms with Gasteiger partial charge in [-0.15, -0.1) is 23.4 Å². The van der Waals surface area contributed by atoms with Crippen molar-refractivity contribution in [2.24, 2.45) is 0 Å². The van der Waals surface area contributed by atoms with Crippen LogP contribution in [0.4, 0.5) is 0 Å². The highest BCUT2D eigenvalue weighted by atomic mass is 35.5. The van der Waals surface area contributed by atoms with E-state index in [0.717, 1.165) is 12.1 Å². The van der Waals surface area contributed by atoms with Crippen LogP contribution in [0.2, 0.25) is 0 Å². The summed E-state index contributed by atoms with van der Waals surface area (Å²) in [6.07, 6.45) is 3.88. The van der Waals surface area contributed by atoms with Crippen molar-refractivity contribution in [3.8, 4) is 0 Å². The van der Waals surface area contributed by atoms with E-state index in [4.69, 9.17) is 11.6 Å². The molecule has 1 rings (SSSR count). The van der Waals surface area contributed by atoms with E-state index in [9.17, 15) is 0 Å². The van der Waals surface area contributed by atoms with Crippen LogP contribution in [-0.2, 0) is 12.4 Å². The molecule has 11 heavy (non-hydrogen) atoms. The van der Waals surface area contributed by atoms with Gasteiger partial charge in [0, 0.05) is 12.1 Å². The number of rotatable bonds is 3. The van der Waals surface area contributed by atoms with Crippen molar-refractivity contribution < 1.29 is 0 Å². The standard InChI is InChI=1S/C7H11ClN2S/c1-3-10-7(11-2)6(4-8)5-9-10/h5H,3-4H2,1-2H3. The molecule has 0 aliphatic carbocycles. The molecule has 1 aromatic heterocycles. The van der Waals surface area contributed by atoms with Gasteiger partial charge in [0.1, 0.15) is 0 Å². The van der Waals surface area contributed by atoms with Crippen LogP contribution in [-0.4, -0.2) is 16.0 Å². The van der Waals surface area contributed by atoms with Gasteiger partial charge in [-0.2, -0.15) is 5.10 Å². The highest BCUT2D eigenvalue weighted by Crippen LogP contribution is 2.21. The number of nitrogens with zero attached hydrogens (tertiary/aromatic N) is 2. The van der Waals surface area contributed by atoms with Gasteiger partial charge >= 0.3 is 0 Å². The molecule has 0 spiro atoms. The van der Waals surface area contributed by atoms with Crippen LogP contribution < -0.4 is 0 Å². The Bertz CT molecular complexity index is 213. The minimum atomic E-state index is 0.552. The topological polar surface area (TPSA) is 17.8 Å². The molecule has 0 atom stereocenters. The van der Waals surface area contributed by atoms with Crippen molar-refractivity contribution in [1.29, 1.82) is 0 Å². The molecule has 0 radical (unpaired) electrons. The van der Waals surface area contributed by atoms with Gasteiger partial charge in [0.2, 0.25) is 0 Å². The second-order valence-corrected chi connectivity index (χ2v) is 3.19. The van der Waals surface area contributed by atoms with E-state index in [0.29, 0.717) is 5.88 Å². The first kappa shape index (κ1) is 8.94. The summed E-state index contributed by atoms with van der Waals surface area (Å²) in [5.74, 6) is 0.552. The molecular weight excluding hydrogens is 180 g/mol. The van der Waals surface area contributed by atoms with Crippen LogP contribution in [0.3, 0.4) is 0 Å². The number of thioether (sulfide) groups is 1. The average Bonchev–Trinajstić information content (AvgIpc) is 2.45. The zero-order valence-electron chi connectivity index (χ0n) is 6.67. The Morgan fingerprint density at radius 1 is 1.73 bits per heavy atom. The molecule has 1 aromatic rings. The molecule has 0 aliphatic rings.